The first kappa shape index (κ1) is 16.9. The van der Waals surface area contributed by atoms with Gasteiger partial charge in [-0.15, -0.1) is 11.3 Å². The smallest absolute Gasteiger partial charge is 0.271 e. The Morgan fingerprint density at radius 3 is 2.89 bits per heavy atom. The van der Waals surface area contributed by atoms with Gasteiger partial charge in [0.2, 0.25) is 0 Å². The number of rotatable bonds is 2. The summed E-state index contributed by atoms with van der Waals surface area (Å²) < 4.78 is 2.60. The van der Waals surface area contributed by atoms with Gasteiger partial charge in [0.15, 0.2) is 0 Å². The van der Waals surface area contributed by atoms with Crippen molar-refractivity contribution >= 4 is 27.1 Å². The van der Waals surface area contributed by atoms with Crippen molar-refractivity contribution in [2.24, 2.45) is 0 Å². The van der Waals surface area contributed by atoms with Gasteiger partial charge in [-0.2, -0.15) is 0 Å². The second-order valence-corrected chi connectivity index (χ2v) is 8.61. The standard InChI is InChI=1S/C20H23N5OS/c1-12-7-13(8-14-10-24(2)23-18(12)14)17-9-16-19(27-17)20(26)25(11-22-16)15-3-5-21-6-4-15/h7-11,15,18,21,23H,3-6H2,1-2H3. The van der Waals surface area contributed by atoms with Gasteiger partial charge >= 0.3 is 0 Å². The average molecular weight is 382 g/mol. The lowest BCUT2D eigenvalue weighted by molar-refractivity contribution is 0.344. The SMILES string of the molecule is CC1=CC(c2cc3ncn(C4CCNCC4)c(=O)c3s2)=CC2=CN(C)NC12. The van der Waals surface area contributed by atoms with Gasteiger partial charge in [0.25, 0.3) is 5.56 Å². The summed E-state index contributed by atoms with van der Waals surface area (Å²) in [5.41, 5.74) is 8.00. The fraction of sp³-hybridized carbons (Fsp3) is 0.400. The maximum atomic E-state index is 13.1. The summed E-state index contributed by atoms with van der Waals surface area (Å²) in [5.74, 6) is 0. The number of hydrazine groups is 1. The average Bonchev–Trinajstić information content (AvgIpc) is 3.26. The molecule has 1 aliphatic carbocycles. The van der Waals surface area contributed by atoms with Gasteiger partial charge in [-0.25, -0.2) is 10.4 Å². The van der Waals surface area contributed by atoms with Gasteiger partial charge in [-0.3, -0.25) is 9.36 Å². The molecule has 0 saturated carbocycles. The summed E-state index contributed by atoms with van der Waals surface area (Å²) in [6.45, 7) is 4.06. The first-order chi connectivity index (χ1) is 13.1. The summed E-state index contributed by atoms with van der Waals surface area (Å²) in [5, 5.41) is 5.35. The van der Waals surface area contributed by atoms with E-state index in [1.54, 1.807) is 17.7 Å². The molecule has 140 valence electrons. The van der Waals surface area contributed by atoms with E-state index in [4.69, 9.17) is 0 Å². The van der Waals surface area contributed by atoms with Crippen LogP contribution >= 0.6 is 11.3 Å². The molecular formula is C20H23N5OS. The normalized spacial score (nSPS) is 23.3. The van der Waals surface area contributed by atoms with Crippen LogP contribution < -0.4 is 16.3 Å². The van der Waals surface area contributed by atoms with Crippen molar-refractivity contribution in [3.63, 3.8) is 0 Å². The Bertz CT molecular complexity index is 1050. The van der Waals surface area contributed by atoms with Crippen LogP contribution in [-0.2, 0) is 0 Å². The highest BCUT2D eigenvalue weighted by molar-refractivity contribution is 7.20. The van der Waals surface area contributed by atoms with E-state index in [0.717, 1.165) is 46.6 Å². The van der Waals surface area contributed by atoms with Gasteiger partial charge in [-0.05, 0) is 61.7 Å². The zero-order valence-electron chi connectivity index (χ0n) is 15.5. The van der Waals surface area contributed by atoms with E-state index in [0.29, 0.717) is 0 Å². The Morgan fingerprint density at radius 1 is 1.26 bits per heavy atom. The van der Waals surface area contributed by atoms with E-state index < -0.39 is 0 Å². The van der Waals surface area contributed by atoms with Crippen LogP contribution in [0, 0.1) is 0 Å². The molecule has 1 fully saturated rings. The Hall–Kier alpha value is -2.22. The number of piperidine rings is 1. The molecule has 27 heavy (non-hydrogen) atoms. The van der Waals surface area contributed by atoms with Crippen LogP contribution in [0.3, 0.4) is 0 Å². The van der Waals surface area contributed by atoms with Crippen LogP contribution in [-0.4, -0.2) is 40.7 Å². The molecule has 2 N–H and O–H groups in total. The van der Waals surface area contributed by atoms with Crippen molar-refractivity contribution in [2.45, 2.75) is 31.8 Å². The summed E-state index contributed by atoms with van der Waals surface area (Å²) in [4.78, 5) is 18.8. The molecule has 2 aliphatic heterocycles. The Balaban J connectivity index is 1.55. The van der Waals surface area contributed by atoms with E-state index in [1.807, 2.05) is 16.6 Å². The number of allylic oxidation sites excluding steroid dienone is 2. The molecule has 1 unspecified atom stereocenters. The highest BCUT2D eigenvalue weighted by atomic mass is 32.1. The lowest BCUT2D eigenvalue weighted by Crippen LogP contribution is -2.34. The third-order valence-electron chi connectivity index (χ3n) is 5.62. The minimum Gasteiger partial charge on any atom is -0.318 e. The Kier molecular flexibility index (Phi) is 4.03. The molecule has 4 heterocycles. The van der Waals surface area contributed by atoms with Crippen molar-refractivity contribution < 1.29 is 0 Å². The van der Waals surface area contributed by atoms with Gasteiger partial charge < -0.3 is 10.3 Å². The minimum absolute atomic E-state index is 0.0969. The number of hydrogen-bond donors (Lipinski definition) is 2. The summed E-state index contributed by atoms with van der Waals surface area (Å²) in [6.07, 6.45) is 10.2. The molecule has 1 saturated heterocycles. The van der Waals surface area contributed by atoms with Crippen molar-refractivity contribution in [2.75, 3.05) is 20.1 Å². The predicted molar refractivity (Wildman–Crippen MR) is 110 cm³/mol. The molecule has 3 aliphatic rings. The third kappa shape index (κ3) is 2.86. The maximum Gasteiger partial charge on any atom is 0.271 e. The second kappa shape index (κ2) is 6.44. The van der Waals surface area contributed by atoms with Gasteiger partial charge in [0.1, 0.15) is 4.70 Å². The highest BCUT2D eigenvalue weighted by Crippen LogP contribution is 2.35. The Morgan fingerprint density at radius 2 is 2.07 bits per heavy atom. The predicted octanol–water partition coefficient (Wildman–Crippen LogP) is 2.43. The van der Waals surface area contributed by atoms with Gasteiger partial charge in [0, 0.05) is 24.2 Å². The quantitative estimate of drug-likeness (QED) is 0.837. The van der Waals surface area contributed by atoms with Crippen LogP contribution in [0.1, 0.15) is 30.7 Å². The van der Waals surface area contributed by atoms with E-state index >= 15 is 0 Å². The van der Waals surface area contributed by atoms with Crippen LogP contribution in [0.15, 0.2) is 46.7 Å². The summed E-state index contributed by atoms with van der Waals surface area (Å²) in [7, 11) is 2.01. The maximum absolute atomic E-state index is 13.1. The van der Waals surface area contributed by atoms with Crippen molar-refractivity contribution in [3.8, 4) is 0 Å². The van der Waals surface area contributed by atoms with Crippen molar-refractivity contribution in [3.05, 3.63) is 57.1 Å². The largest absolute Gasteiger partial charge is 0.318 e. The van der Waals surface area contributed by atoms with Crippen LogP contribution in [0.5, 0.6) is 0 Å². The minimum atomic E-state index is 0.0969. The topological polar surface area (TPSA) is 62.2 Å². The zero-order chi connectivity index (χ0) is 18.5. The molecule has 2 aromatic rings. The number of hydrogen-bond acceptors (Lipinski definition) is 6. The molecule has 0 radical (unpaired) electrons. The molecule has 5 rings (SSSR count). The number of fused-ring (bicyclic) bond motifs is 2. The van der Waals surface area contributed by atoms with E-state index in [2.05, 4.69) is 47.1 Å². The second-order valence-electron chi connectivity index (χ2n) is 7.55. The van der Waals surface area contributed by atoms with Crippen LogP contribution in [0.2, 0.25) is 0 Å². The molecule has 0 amide bonds. The highest BCUT2D eigenvalue weighted by Gasteiger charge is 2.26. The molecular weight excluding hydrogens is 358 g/mol. The van der Waals surface area contributed by atoms with Crippen molar-refractivity contribution in [1.29, 1.82) is 0 Å². The fourth-order valence-electron chi connectivity index (χ4n) is 4.20. The van der Waals surface area contributed by atoms with E-state index in [1.165, 1.54) is 11.1 Å². The summed E-state index contributed by atoms with van der Waals surface area (Å²) >= 11 is 1.56. The first-order valence-corrected chi connectivity index (χ1v) is 10.2. The van der Waals surface area contributed by atoms with E-state index in [-0.39, 0.29) is 17.6 Å². The number of nitrogens with zero attached hydrogens (tertiary/aromatic N) is 3. The summed E-state index contributed by atoms with van der Waals surface area (Å²) in [6, 6.07) is 2.56. The van der Waals surface area contributed by atoms with Gasteiger partial charge in [-0.1, -0.05) is 6.08 Å². The van der Waals surface area contributed by atoms with Crippen LogP contribution in [0.25, 0.3) is 15.8 Å². The molecule has 2 aromatic heterocycles. The number of nitrogens with one attached hydrogen (secondary N) is 2. The fourth-order valence-corrected chi connectivity index (χ4v) is 5.24. The van der Waals surface area contributed by atoms with Gasteiger partial charge in [0.05, 0.1) is 17.9 Å². The third-order valence-corrected chi connectivity index (χ3v) is 6.78. The first-order valence-electron chi connectivity index (χ1n) is 9.42. The monoisotopic (exact) mass is 381 g/mol. The molecule has 1 atom stereocenters. The number of aromatic nitrogens is 2. The molecule has 0 bridgehead atoms. The van der Waals surface area contributed by atoms with E-state index in [9.17, 15) is 4.79 Å². The lowest BCUT2D eigenvalue weighted by Gasteiger charge is -2.24. The number of thiophene rings is 1. The zero-order valence-corrected chi connectivity index (χ0v) is 16.3. The van der Waals surface area contributed by atoms with Crippen molar-refractivity contribution in [1.82, 2.24) is 25.3 Å². The Labute approximate surface area is 161 Å². The molecule has 6 nitrogen and oxygen atoms in total. The molecule has 7 heteroatoms. The van der Waals surface area contributed by atoms with Crippen LogP contribution in [0.4, 0.5) is 0 Å². The molecule has 0 spiro atoms. The lowest BCUT2D eigenvalue weighted by atomic mass is 9.92. The molecule has 0 aromatic carbocycles.